The molecule has 0 saturated heterocycles. The Morgan fingerprint density at radius 1 is 1.22 bits per heavy atom. The average molecular weight is 259 g/mol. The summed E-state index contributed by atoms with van der Waals surface area (Å²) in [6.45, 7) is 0. The van der Waals surface area contributed by atoms with Crippen LogP contribution in [0.5, 0.6) is 0 Å². The van der Waals surface area contributed by atoms with E-state index in [0.29, 0.717) is 21.5 Å². The maximum Gasteiger partial charge on any atom is 0.347 e. The second-order valence-electron chi connectivity index (χ2n) is 3.71. The van der Waals surface area contributed by atoms with E-state index >= 15 is 0 Å². The average Bonchev–Trinajstić information content (AvgIpc) is 2.39. The van der Waals surface area contributed by atoms with E-state index < -0.39 is 5.63 Å². The fraction of sp³-hybridized carbons (Fsp3) is 0. The summed E-state index contributed by atoms with van der Waals surface area (Å²) in [6.07, 6.45) is 3.22. The lowest BCUT2D eigenvalue weighted by Crippen LogP contribution is -2.02. The molecular weight excluding hydrogens is 252 g/mol. The van der Waals surface area contributed by atoms with Gasteiger partial charge in [0.2, 0.25) is 5.89 Å². The van der Waals surface area contributed by atoms with E-state index in [9.17, 15) is 4.79 Å². The minimum Gasteiger partial charge on any atom is -0.403 e. The van der Waals surface area contributed by atoms with Gasteiger partial charge in [-0.05, 0) is 30.3 Å². The molecule has 0 radical (unpaired) electrons. The van der Waals surface area contributed by atoms with Crippen LogP contribution < -0.4 is 5.63 Å². The zero-order valence-electron chi connectivity index (χ0n) is 9.13. The van der Waals surface area contributed by atoms with Crippen LogP contribution in [-0.2, 0) is 0 Å². The van der Waals surface area contributed by atoms with Crippen molar-refractivity contribution in [3.8, 4) is 11.5 Å². The summed E-state index contributed by atoms with van der Waals surface area (Å²) in [5, 5.41) is 0.935. The zero-order valence-corrected chi connectivity index (χ0v) is 9.89. The van der Waals surface area contributed by atoms with E-state index in [1.807, 2.05) is 0 Å². The van der Waals surface area contributed by atoms with Crippen LogP contribution in [0.15, 0.2) is 51.9 Å². The van der Waals surface area contributed by atoms with Gasteiger partial charge in [0.25, 0.3) is 0 Å². The van der Waals surface area contributed by atoms with Crippen molar-refractivity contribution in [2.45, 2.75) is 0 Å². The van der Waals surface area contributed by atoms with Crippen molar-refractivity contribution in [1.29, 1.82) is 0 Å². The SMILES string of the molecule is O=c1oc(-c2cccnc2)nc2cc(Cl)ccc12. The van der Waals surface area contributed by atoms with E-state index in [0.717, 1.165) is 0 Å². The van der Waals surface area contributed by atoms with Gasteiger partial charge in [-0.1, -0.05) is 11.6 Å². The van der Waals surface area contributed by atoms with Crippen molar-refractivity contribution in [2.75, 3.05) is 0 Å². The highest BCUT2D eigenvalue weighted by molar-refractivity contribution is 6.31. The number of fused-ring (bicyclic) bond motifs is 1. The predicted molar refractivity (Wildman–Crippen MR) is 68.5 cm³/mol. The zero-order chi connectivity index (χ0) is 12.5. The van der Waals surface area contributed by atoms with Gasteiger partial charge in [-0.25, -0.2) is 9.78 Å². The van der Waals surface area contributed by atoms with Crippen molar-refractivity contribution < 1.29 is 4.42 Å². The molecule has 2 aromatic heterocycles. The molecule has 0 spiro atoms. The summed E-state index contributed by atoms with van der Waals surface area (Å²) in [7, 11) is 0. The Labute approximate surface area is 107 Å². The van der Waals surface area contributed by atoms with Gasteiger partial charge in [0.1, 0.15) is 0 Å². The third-order valence-electron chi connectivity index (χ3n) is 2.50. The highest BCUT2D eigenvalue weighted by Gasteiger charge is 2.08. The van der Waals surface area contributed by atoms with Crippen LogP contribution in [0, 0.1) is 0 Å². The Balaban J connectivity index is 2.30. The molecule has 1 aromatic carbocycles. The van der Waals surface area contributed by atoms with Gasteiger partial charge in [0, 0.05) is 17.4 Å². The van der Waals surface area contributed by atoms with E-state index in [1.165, 1.54) is 0 Å². The van der Waals surface area contributed by atoms with Gasteiger partial charge in [0.15, 0.2) is 0 Å². The van der Waals surface area contributed by atoms with E-state index in [1.54, 1.807) is 42.7 Å². The Morgan fingerprint density at radius 2 is 2.11 bits per heavy atom. The van der Waals surface area contributed by atoms with Crippen molar-refractivity contribution >= 4 is 22.5 Å². The molecule has 0 fully saturated rings. The predicted octanol–water partition coefficient (Wildman–Crippen LogP) is 2.90. The fourth-order valence-corrected chi connectivity index (χ4v) is 1.82. The van der Waals surface area contributed by atoms with Crippen LogP contribution in [-0.4, -0.2) is 9.97 Å². The first kappa shape index (κ1) is 10.9. The molecule has 4 nitrogen and oxygen atoms in total. The first-order chi connectivity index (χ1) is 8.74. The standard InChI is InChI=1S/C13H7ClN2O2/c14-9-3-4-10-11(6-9)16-12(18-13(10)17)8-2-1-5-15-7-8/h1-7H. The summed E-state index contributed by atoms with van der Waals surface area (Å²) in [4.78, 5) is 20.1. The van der Waals surface area contributed by atoms with Crippen LogP contribution >= 0.6 is 11.6 Å². The molecule has 0 unspecified atom stereocenters. The number of halogens is 1. The Kier molecular flexibility index (Phi) is 2.57. The molecule has 0 atom stereocenters. The minimum absolute atomic E-state index is 0.239. The molecule has 3 rings (SSSR count). The summed E-state index contributed by atoms with van der Waals surface area (Å²) >= 11 is 5.88. The van der Waals surface area contributed by atoms with Crippen LogP contribution in [0.1, 0.15) is 0 Å². The Hall–Kier alpha value is -2.20. The van der Waals surface area contributed by atoms with Gasteiger partial charge in [-0.15, -0.1) is 0 Å². The summed E-state index contributed by atoms with van der Waals surface area (Å²) < 4.78 is 5.17. The molecule has 5 heteroatoms. The Bertz CT molecular complexity index is 769. The lowest BCUT2D eigenvalue weighted by atomic mass is 10.2. The molecule has 88 valence electrons. The topological polar surface area (TPSA) is 56.0 Å². The molecule has 0 amide bonds. The van der Waals surface area contributed by atoms with Crippen molar-refractivity contribution in [2.24, 2.45) is 0 Å². The maximum absolute atomic E-state index is 11.8. The third-order valence-corrected chi connectivity index (χ3v) is 2.73. The largest absolute Gasteiger partial charge is 0.403 e. The quantitative estimate of drug-likeness (QED) is 0.673. The minimum atomic E-state index is -0.435. The molecule has 0 saturated carbocycles. The first-order valence-electron chi connectivity index (χ1n) is 5.25. The molecule has 0 aliphatic carbocycles. The lowest BCUT2D eigenvalue weighted by Gasteiger charge is -2.01. The van der Waals surface area contributed by atoms with Crippen LogP contribution in [0.25, 0.3) is 22.4 Å². The van der Waals surface area contributed by atoms with Crippen LogP contribution in [0.2, 0.25) is 5.02 Å². The van der Waals surface area contributed by atoms with E-state index in [2.05, 4.69) is 9.97 Å². The highest BCUT2D eigenvalue weighted by Crippen LogP contribution is 2.19. The second kappa shape index (κ2) is 4.23. The molecule has 18 heavy (non-hydrogen) atoms. The van der Waals surface area contributed by atoms with E-state index in [-0.39, 0.29) is 5.89 Å². The fourth-order valence-electron chi connectivity index (χ4n) is 1.66. The lowest BCUT2D eigenvalue weighted by molar-refractivity contribution is 0.518. The molecule has 0 bridgehead atoms. The van der Waals surface area contributed by atoms with Gasteiger partial charge >= 0.3 is 5.63 Å². The number of pyridine rings is 1. The number of benzene rings is 1. The monoisotopic (exact) mass is 258 g/mol. The molecule has 0 N–H and O–H groups in total. The summed E-state index contributed by atoms with van der Waals surface area (Å²) in [6, 6.07) is 8.39. The number of nitrogens with zero attached hydrogens (tertiary/aromatic N) is 2. The number of hydrogen-bond donors (Lipinski definition) is 0. The van der Waals surface area contributed by atoms with Crippen molar-refractivity contribution in [3.05, 3.63) is 58.2 Å². The summed E-state index contributed by atoms with van der Waals surface area (Å²) in [5.74, 6) is 0.239. The Morgan fingerprint density at radius 3 is 2.89 bits per heavy atom. The molecular formula is C13H7ClN2O2. The van der Waals surface area contributed by atoms with Gasteiger partial charge < -0.3 is 4.42 Å². The third kappa shape index (κ3) is 1.87. The first-order valence-corrected chi connectivity index (χ1v) is 5.62. The molecule has 0 aliphatic rings. The number of aromatic nitrogens is 2. The summed E-state index contributed by atoms with van der Waals surface area (Å²) in [5.41, 5.74) is 0.726. The normalized spacial score (nSPS) is 10.7. The van der Waals surface area contributed by atoms with Gasteiger partial charge in [-0.2, -0.15) is 0 Å². The smallest absolute Gasteiger partial charge is 0.347 e. The van der Waals surface area contributed by atoms with Crippen LogP contribution in [0.3, 0.4) is 0 Å². The van der Waals surface area contributed by atoms with Gasteiger partial charge in [0.05, 0.1) is 16.5 Å². The molecule has 0 aliphatic heterocycles. The van der Waals surface area contributed by atoms with Gasteiger partial charge in [-0.3, -0.25) is 4.98 Å². The second-order valence-corrected chi connectivity index (χ2v) is 4.15. The molecule has 2 heterocycles. The number of hydrogen-bond acceptors (Lipinski definition) is 4. The number of rotatable bonds is 1. The maximum atomic E-state index is 11.8. The van der Waals surface area contributed by atoms with Crippen molar-refractivity contribution in [1.82, 2.24) is 9.97 Å². The van der Waals surface area contributed by atoms with Crippen molar-refractivity contribution in [3.63, 3.8) is 0 Å². The van der Waals surface area contributed by atoms with Crippen LogP contribution in [0.4, 0.5) is 0 Å². The van der Waals surface area contributed by atoms with E-state index in [4.69, 9.17) is 16.0 Å². The molecule has 3 aromatic rings. The highest BCUT2D eigenvalue weighted by atomic mass is 35.5.